The molecule has 1 saturated heterocycles. The van der Waals surface area contributed by atoms with Crippen molar-refractivity contribution < 1.29 is 25.2 Å². The second-order valence-corrected chi connectivity index (χ2v) is 8.15. The summed E-state index contributed by atoms with van der Waals surface area (Å²) in [6, 6.07) is 0. The molecule has 1 fully saturated rings. The van der Waals surface area contributed by atoms with Crippen molar-refractivity contribution in [2.24, 2.45) is 0 Å². The third-order valence-electron chi connectivity index (χ3n) is 5.51. The zero-order valence-corrected chi connectivity index (χ0v) is 15.5. The second-order valence-electron chi connectivity index (χ2n) is 8.15. The summed E-state index contributed by atoms with van der Waals surface area (Å²) in [5, 5.41) is 42.4. The predicted molar refractivity (Wildman–Crippen MR) is 97.1 cm³/mol. The highest BCUT2D eigenvalue weighted by atomic mass is 16.5. The summed E-state index contributed by atoms with van der Waals surface area (Å²) in [7, 11) is 0. The smallest absolute Gasteiger partial charge is 0.117 e. The summed E-state index contributed by atoms with van der Waals surface area (Å²) in [4.78, 5) is 0. The van der Waals surface area contributed by atoms with E-state index >= 15 is 0 Å². The van der Waals surface area contributed by atoms with Gasteiger partial charge in [0.05, 0.1) is 23.9 Å². The van der Waals surface area contributed by atoms with E-state index in [1.165, 1.54) is 0 Å². The Balaban J connectivity index is 2.31. The van der Waals surface area contributed by atoms with Crippen LogP contribution in [0.25, 0.3) is 0 Å². The highest BCUT2D eigenvalue weighted by Crippen LogP contribution is 2.37. The van der Waals surface area contributed by atoms with Crippen LogP contribution in [0.2, 0.25) is 0 Å². The van der Waals surface area contributed by atoms with Crippen LogP contribution >= 0.6 is 0 Å². The normalized spacial score (nSPS) is 47.5. The van der Waals surface area contributed by atoms with Gasteiger partial charge in [-0.05, 0) is 58.4 Å². The minimum atomic E-state index is -1.25. The topological polar surface area (TPSA) is 90.2 Å². The molecule has 5 nitrogen and oxygen atoms in total. The lowest BCUT2D eigenvalue weighted by Gasteiger charge is -2.32. The fourth-order valence-corrected chi connectivity index (χ4v) is 3.39. The number of hydrogen-bond acceptors (Lipinski definition) is 5. The molecule has 1 heterocycles. The Morgan fingerprint density at radius 3 is 2.56 bits per heavy atom. The van der Waals surface area contributed by atoms with E-state index < -0.39 is 29.0 Å². The van der Waals surface area contributed by atoms with Crippen molar-refractivity contribution in [3.8, 4) is 0 Å². The molecule has 0 aromatic carbocycles. The van der Waals surface area contributed by atoms with Crippen molar-refractivity contribution >= 4 is 0 Å². The van der Waals surface area contributed by atoms with Crippen molar-refractivity contribution in [2.75, 3.05) is 6.61 Å². The van der Waals surface area contributed by atoms with Crippen LogP contribution in [0.4, 0.5) is 0 Å². The number of rotatable bonds is 0. The molecular formula is C20H32O5. The van der Waals surface area contributed by atoms with Crippen LogP contribution in [-0.4, -0.2) is 56.0 Å². The number of aliphatic hydroxyl groups excluding tert-OH is 1. The number of aliphatic hydroxyl groups is 4. The maximum atomic E-state index is 11.1. The Morgan fingerprint density at radius 1 is 1.20 bits per heavy atom. The van der Waals surface area contributed by atoms with Gasteiger partial charge in [-0.2, -0.15) is 0 Å². The summed E-state index contributed by atoms with van der Waals surface area (Å²) in [5.41, 5.74) is -1.99. The summed E-state index contributed by atoms with van der Waals surface area (Å²) in [5.74, 6) is 0. The fourth-order valence-electron chi connectivity index (χ4n) is 3.39. The van der Waals surface area contributed by atoms with Gasteiger partial charge in [-0.1, -0.05) is 30.4 Å². The molecule has 0 aromatic heterocycles. The van der Waals surface area contributed by atoms with Crippen molar-refractivity contribution in [2.45, 2.75) is 81.9 Å². The van der Waals surface area contributed by atoms with E-state index in [9.17, 15) is 20.4 Å². The molecule has 5 heteroatoms. The van der Waals surface area contributed by atoms with Gasteiger partial charge in [0, 0.05) is 0 Å². The molecule has 0 spiro atoms. The van der Waals surface area contributed by atoms with Crippen LogP contribution in [-0.2, 0) is 4.74 Å². The molecule has 2 aliphatic rings. The van der Waals surface area contributed by atoms with Gasteiger partial charge in [0.2, 0.25) is 0 Å². The van der Waals surface area contributed by atoms with Crippen LogP contribution in [0.3, 0.4) is 0 Å². The first kappa shape index (κ1) is 20.3. The van der Waals surface area contributed by atoms with Gasteiger partial charge in [0.15, 0.2) is 0 Å². The van der Waals surface area contributed by atoms with Gasteiger partial charge < -0.3 is 25.2 Å². The molecule has 0 radical (unpaired) electrons. The predicted octanol–water partition coefficient (Wildman–Crippen LogP) is 2.00. The molecule has 5 atom stereocenters. The van der Waals surface area contributed by atoms with Crippen LogP contribution in [0.15, 0.2) is 36.0 Å². The number of allylic oxidation sites excluding steroid dienone is 1. The highest BCUT2D eigenvalue weighted by molar-refractivity contribution is 5.26. The minimum absolute atomic E-state index is 0.246. The fraction of sp³-hybridized carbons (Fsp3) is 0.700. The molecule has 25 heavy (non-hydrogen) atoms. The molecule has 0 amide bonds. The Hall–Kier alpha value is -0.980. The van der Waals surface area contributed by atoms with E-state index in [1.807, 2.05) is 13.0 Å². The second kappa shape index (κ2) is 7.33. The van der Waals surface area contributed by atoms with E-state index in [1.54, 1.807) is 26.0 Å². The SMILES string of the molecule is C=C1CO[C@H]2/C=C(\C)CC[C@H](O)[C@@](C)(O)C/C=C/[C@@](C)(O)CC[C@]12O. The van der Waals surface area contributed by atoms with Crippen molar-refractivity contribution in [1.29, 1.82) is 0 Å². The first-order valence-electron chi connectivity index (χ1n) is 8.96. The average molecular weight is 352 g/mol. The molecule has 2 rings (SSSR count). The largest absolute Gasteiger partial charge is 0.390 e. The zero-order chi connectivity index (χ0) is 18.9. The third kappa shape index (κ3) is 4.80. The molecule has 142 valence electrons. The maximum Gasteiger partial charge on any atom is 0.117 e. The Kier molecular flexibility index (Phi) is 5.96. The van der Waals surface area contributed by atoms with Crippen LogP contribution in [0.5, 0.6) is 0 Å². The van der Waals surface area contributed by atoms with Crippen LogP contribution in [0.1, 0.15) is 52.9 Å². The van der Waals surface area contributed by atoms with E-state index in [-0.39, 0.29) is 6.42 Å². The lowest BCUT2D eigenvalue weighted by atomic mass is 9.81. The van der Waals surface area contributed by atoms with E-state index in [0.717, 1.165) is 5.57 Å². The third-order valence-corrected chi connectivity index (χ3v) is 5.51. The number of hydrogen-bond donors (Lipinski definition) is 4. The van der Waals surface area contributed by atoms with E-state index in [2.05, 4.69) is 6.58 Å². The van der Waals surface area contributed by atoms with Gasteiger partial charge >= 0.3 is 0 Å². The summed E-state index contributed by atoms with van der Waals surface area (Å²) >= 11 is 0. The first-order chi connectivity index (χ1) is 11.5. The maximum absolute atomic E-state index is 11.1. The number of ether oxygens (including phenoxy) is 1. The van der Waals surface area contributed by atoms with Crippen LogP contribution in [0, 0.1) is 0 Å². The molecule has 1 aliphatic heterocycles. The van der Waals surface area contributed by atoms with Crippen molar-refractivity contribution in [3.05, 3.63) is 36.0 Å². The van der Waals surface area contributed by atoms with Crippen molar-refractivity contribution in [1.82, 2.24) is 0 Å². The molecule has 0 bridgehead atoms. The van der Waals surface area contributed by atoms with Gasteiger partial charge in [-0.25, -0.2) is 0 Å². The van der Waals surface area contributed by atoms with Gasteiger partial charge in [0.25, 0.3) is 0 Å². The van der Waals surface area contributed by atoms with Gasteiger partial charge in [-0.3, -0.25) is 0 Å². The molecule has 4 N–H and O–H groups in total. The Bertz CT molecular complexity index is 560. The van der Waals surface area contributed by atoms with Gasteiger partial charge in [0.1, 0.15) is 11.7 Å². The van der Waals surface area contributed by atoms with Crippen LogP contribution < -0.4 is 0 Å². The quantitative estimate of drug-likeness (QED) is 0.501. The average Bonchev–Trinajstić information content (AvgIpc) is 2.78. The monoisotopic (exact) mass is 352 g/mol. The lowest BCUT2D eigenvalue weighted by Crippen LogP contribution is -2.41. The summed E-state index contributed by atoms with van der Waals surface area (Å²) in [6.45, 7) is 9.42. The minimum Gasteiger partial charge on any atom is -0.390 e. The number of fused-ring (bicyclic) bond motifs is 1. The summed E-state index contributed by atoms with van der Waals surface area (Å²) in [6.07, 6.45) is 5.70. The summed E-state index contributed by atoms with van der Waals surface area (Å²) < 4.78 is 5.70. The zero-order valence-electron chi connectivity index (χ0n) is 15.5. The first-order valence-corrected chi connectivity index (χ1v) is 8.96. The van der Waals surface area contributed by atoms with E-state index in [4.69, 9.17) is 4.74 Å². The molecule has 0 aromatic rings. The van der Waals surface area contributed by atoms with Gasteiger partial charge in [-0.15, -0.1) is 0 Å². The van der Waals surface area contributed by atoms with E-state index in [0.29, 0.717) is 37.9 Å². The molecular weight excluding hydrogens is 320 g/mol. The standard InChI is InChI=1S/C20H32O5/c1-14-6-7-16(21)19(4,23)9-5-8-18(3,22)10-11-20(24)15(2)13-25-17(20)12-14/h5,8,12,16-17,21-24H,2,6-7,9-11,13H2,1,3-4H3/b8-5+,14-12+/t16-,17-,18+,19-,20-/m0/s1. The van der Waals surface area contributed by atoms with Crippen molar-refractivity contribution in [3.63, 3.8) is 0 Å². The molecule has 1 aliphatic carbocycles. The Morgan fingerprint density at radius 2 is 1.88 bits per heavy atom. The lowest BCUT2D eigenvalue weighted by molar-refractivity contribution is -0.0628. The molecule has 0 saturated carbocycles. The molecule has 0 unspecified atom stereocenters. The highest BCUT2D eigenvalue weighted by Gasteiger charge is 2.45. The Labute approximate surface area is 150 Å².